The highest BCUT2D eigenvalue weighted by molar-refractivity contribution is 5.84. The van der Waals surface area contributed by atoms with Gasteiger partial charge in [0.05, 0.1) is 0 Å². The van der Waals surface area contributed by atoms with Crippen LogP contribution in [-0.2, 0) is 9.59 Å². The van der Waals surface area contributed by atoms with Crippen LogP contribution < -0.4 is 0 Å². The van der Waals surface area contributed by atoms with E-state index in [2.05, 4.69) is 0 Å². The smallest absolute Gasteiger partial charge is 0.245 e. The van der Waals surface area contributed by atoms with Crippen LogP contribution in [0, 0.1) is 0 Å². The summed E-state index contributed by atoms with van der Waals surface area (Å²) in [7, 11) is 0. The van der Waals surface area contributed by atoms with Gasteiger partial charge in [0.1, 0.15) is 6.04 Å². The highest BCUT2D eigenvalue weighted by Crippen LogP contribution is 2.19. The molecule has 1 atom stereocenters. The van der Waals surface area contributed by atoms with Gasteiger partial charge in [-0.3, -0.25) is 9.59 Å². The normalized spacial score (nSPS) is 26.8. The molecule has 0 spiro atoms. The fourth-order valence-corrected chi connectivity index (χ4v) is 2.49. The second-order valence-corrected chi connectivity index (χ2v) is 4.39. The summed E-state index contributed by atoms with van der Waals surface area (Å²) in [5.74, 6) is 0.166. The molecule has 0 aromatic carbocycles. The standard InChI is InChI=1S/C11H18N2O2/c14-9-13-8-2-1-5-10(13)11(15)12-6-3-4-7-12/h9-10H,1-8H2. The Morgan fingerprint density at radius 2 is 1.73 bits per heavy atom. The first-order chi connectivity index (χ1) is 7.33. The number of amides is 2. The molecule has 15 heavy (non-hydrogen) atoms. The van der Waals surface area contributed by atoms with Crippen LogP contribution in [0.1, 0.15) is 32.1 Å². The molecule has 2 rings (SSSR count). The van der Waals surface area contributed by atoms with Gasteiger partial charge in [-0.2, -0.15) is 0 Å². The Morgan fingerprint density at radius 1 is 1.07 bits per heavy atom. The lowest BCUT2D eigenvalue weighted by molar-refractivity contribution is -0.141. The van der Waals surface area contributed by atoms with Crippen molar-refractivity contribution in [1.82, 2.24) is 9.80 Å². The predicted octanol–water partition coefficient (Wildman–Crippen LogP) is 0.620. The minimum absolute atomic E-state index is 0.166. The molecule has 0 radical (unpaired) electrons. The van der Waals surface area contributed by atoms with Crippen LogP contribution in [0.2, 0.25) is 0 Å². The molecule has 0 N–H and O–H groups in total. The largest absolute Gasteiger partial charge is 0.341 e. The van der Waals surface area contributed by atoms with E-state index in [4.69, 9.17) is 0 Å². The lowest BCUT2D eigenvalue weighted by Gasteiger charge is -2.34. The van der Waals surface area contributed by atoms with Gasteiger partial charge in [0, 0.05) is 19.6 Å². The number of nitrogens with zero attached hydrogens (tertiary/aromatic N) is 2. The monoisotopic (exact) mass is 210 g/mol. The van der Waals surface area contributed by atoms with Crippen molar-refractivity contribution in [2.24, 2.45) is 0 Å². The maximum Gasteiger partial charge on any atom is 0.245 e. The zero-order chi connectivity index (χ0) is 10.7. The summed E-state index contributed by atoms with van der Waals surface area (Å²) >= 11 is 0. The van der Waals surface area contributed by atoms with Gasteiger partial charge in [-0.1, -0.05) is 0 Å². The first kappa shape index (κ1) is 10.5. The van der Waals surface area contributed by atoms with E-state index >= 15 is 0 Å². The van der Waals surface area contributed by atoms with Crippen molar-refractivity contribution in [2.45, 2.75) is 38.1 Å². The predicted molar refractivity (Wildman–Crippen MR) is 56.2 cm³/mol. The van der Waals surface area contributed by atoms with E-state index in [0.717, 1.165) is 58.1 Å². The van der Waals surface area contributed by atoms with Crippen molar-refractivity contribution in [1.29, 1.82) is 0 Å². The van der Waals surface area contributed by atoms with Crippen molar-refractivity contribution >= 4 is 12.3 Å². The average Bonchev–Trinajstić information content (AvgIpc) is 2.81. The number of piperidine rings is 1. The molecule has 2 fully saturated rings. The number of carbonyl (C=O) groups excluding carboxylic acids is 2. The third kappa shape index (κ3) is 2.13. The lowest BCUT2D eigenvalue weighted by atomic mass is 10.0. The van der Waals surface area contributed by atoms with E-state index in [0.29, 0.717) is 0 Å². The minimum atomic E-state index is -0.172. The summed E-state index contributed by atoms with van der Waals surface area (Å²) in [5, 5.41) is 0. The fourth-order valence-electron chi connectivity index (χ4n) is 2.49. The zero-order valence-corrected chi connectivity index (χ0v) is 9.02. The maximum absolute atomic E-state index is 12.1. The van der Waals surface area contributed by atoms with E-state index < -0.39 is 0 Å². The molecule has 0 aromatic rings. The third-order valence-electron chi connectivity index (χ3n) is 3.38. The molecule has 2 aliphatic rings. The molecular weight excluding hydrogens is 192 g/mol. The van der Waals surface area contributed by atoms with E-state index in [-0.39, 0.29) is 11.9 Å². The molecule has 4 heteroatoms. The van der Waals surface area contributed by atoms with Crippen molar-refractivity contribution < 1.29 is 9.59 Å². The van der Waals surface area contributed by atoms with Crippen LogP contribution in [0.15, 0.2) is 0 Å². The van der Waals surface area contributed by atoms with Crippen LogP contribution in [0.25, 0.3) is 0 Å². The number of likely N-dealkylation sites (tertiary alicyclic amines) is 2. The van der Waals surface area contributed by atoms with Crippen LogP contribution in [-0.4, -0.2) is 47.8 Å². The second-order valence-electron chi connectivity index (χ2n) is 4.39. The molecule has 2 amide bonds. The van der Waals surface area contributed by atoms with Gasteiger partial charge in [-0.15, -0.1) is 0 Å². The topological polar surface area (TPSA) is 40.6 Å². The Morgan fingerprint density at radius 3 is 2.40 bits per heavy atom. The maximum atomic E-state index is 12.1. The molecule has 0 aromatic heterocycles. The summed E-state index contributed by atoms with van der Waals surface area (Å²) < 4.78 is 0. The molecule has 4 nitrogen and oxygen atoms in total. The summed E-state index contributed by atoms with van der Waals surface area (Å²) in [6.45, 7) is 2.50. The molecule has 84 valence electrons. The summed E-state index contributed by atoms with van der Waals surface area (Å²) in [6, 6.07) is -0.172. The quantitative estimate of drug-likeness (QED) is 0.627. The molecule has 2 aliphatic heterocycles. The molecule has 2 heterocycles. The SMILES string of the molecule is O=CN1CCCCC1C(=O)N1CCCC1. The van der Waals surface area contributed by atoms with Crippen molar-refractivity contribution in [3.8, 4) is 0 Å². The second kappa shape index (κ2) is 4.64. The highest BCUT2D eigenvalue weighted by atomic mass is 16.2. The van der Waals surface area contributed by atoms with E-state index in [9.17, 15) is 9.59 Å². The van der Waals surface area contributed by atoms with Crippen molar-refractivity contribution in [3.05, 3.63) is 0 Å². The Bertz CT molecular complexity index is 249. The third-order valence-corrected chi connectivity index (χ3v) is 3.38. The minimum Gasteiger partial charge on any atom is -0.341 e. The Labute approximate surface area is 90.2 Å². The fraction of sp³-hybridized carbons (Fsp3) is 0.818. The number of carbonyl (C=O) groups is 2. The summed E-state index contributed by atoms with van der Waals surface area (Å²) in [4.78, 5) is 26.5. The van der Waals surface area contributed by atoms with Crippen LogP contribution >= 0.6 is 0 Å². The van der Waals surface area contributed by atoms with Gasteiger partial charge in [0.25, 0.3) is 0 Å². The van der Waals surface area contributed by atoms with Crippen LogP contribution in [0.4, 0.5) is 0 Å². The van der Waals surface area contributed by atoms with Gasteiger partial charge in [-0.25, -0.2) is 0 Å². The first-order valence-corrected chi connectivity index (χ1v) is 5.83. The van der Waals surface area contributed by atoms with Gasteiger partial charge in [0.2, 0.25) is 12.3 Å². The molecule has 1 unspecified atom stereocenters. The first-order valence-electron chi connectivity index (χ1n) is 5.83. The van der Waals surface area contributed by atoms with Gasteiger partial charge in [-0.05, 0) is 32.1 Å². The van der Waals surface area contributed by atoms with Crippen LogP contribution in [0.3, 0.4) is 0 Å². The van der Waals surface area contributed by atoms with E-state index in [1.54, 1.807) is 4.90 Å². The number of rotatable bonds is 2. The van der Waals surface area contributed by atoms with Crippen molar-refractivity contribution in [2.75, 3.05) is 19.6 Å². The zero-order valence-electron chi connectivity index (χ0n) is 9.02. The van der Waals surface area contributed by atoms with Gasteiger partial charge in [0.15, 0.2) is 0 Å². The molecule has 0 saturated carbocycles. The number of hydrogen-bond donors (Lipinski definition) is 0. The molecule has 0 bridgehead atoms. The highest BCUT2D eigenvalue weighted by Gasteiger charge is 2.31. The van der Waals surface area contributed by atoms with Crippen LogP contribution in [0.5, 0.6) is 0 Å². The summed E-state index contributed by atoms with van der Waals surface area (Å²) in [6.07, 6.45) is 5.99. The molecular formula is C11H18N2O2. The van der Waals surface area contributed by atoms with E-state index in [1.807, 2.05) is 4.90 Å². The van der Waals surface area contributed by atoms with Gasteiger partial charge < -0.3 is 9.80 Å². The summed E-state index contributed by atoms with van der Waals surface area (Å²) in [5.41, 5.74) is 0. The van der Waals surface area contributed by atoms with Crippen molar-refractivity contribution in [3.63, 3.8) is 0 Å². The Kier molecular flexibility index (Phi) is 3.23. The van der Waals surface area contributed by atoms with Gasteiger partial charge >= 0.3 is 0 Å². The Hall–Kier alpha value is -1.06. The Balaban J connectivity index is 1.99. The molecule has 2 saturated heterocycles. The lowest BCUT2D eigenvalue weighted by Crippen LogP contribution is -2.49. The van der Waals surface area contributed by atoms with E-state index in [1.165, 1.54) is 0 Å². The molecule has 0 aliphatic carbocycles. The average molecular weight is 210 g/mol. The number of hydrogen-bond acceptors (Lipinski definition) is 2.